The minimum absolute atomic E-state index is 0.0390. The van der Waals surface area contributed by atoms with Crippen LogP contribution >= 0.6 is 23.5 Å². The summed E-state index contributed by atoms with van der Waals surface area (Å²) in [7, 11) is 0. The zero-order valence-corrected chi connectivity index (χ0v) is 12.2. The van der Waals surface area contributed by atoms with Crippen molar-refractivity contribution in [2.75, 3.05) is 17.9 Å². The van der Waals surface area contributed by atoms with Gasteiger partial charge in [0.05, 0.1) is 12.1 Å². The molecule has 1 amide bonds. The maximum Gasteiger partial charge on any atom is 0.238 e. The molecule has 0 saturated carbocycles. The molecular formula is C13H18N2OS2. The van der Waals surface area contributed by atoms with E-state index < -0.39 is 0 Å². The van der Waals surface area contributed by atoms with Gasteiger partial charge in [0, 0.05) is 16.5 Å². The van der Waals surface area contributed by atoms with Crippen LogP contribution in [-0.2, 0) is 4.79 Å². The van der Waals surface area contributed by atoms with Gasteiger partial charge in [0.15, 0.2) is 0 Å². The monoisotopic (exact) mass is 282 g/mol. The van der Waals surface area contributed by atoms with E-state index in [-0.39, 0.29) is 18.0 Å². The van der Waals surface area contributed by atoms with E-state index in [2.05, 4.69) is 41.2 Å². The SMILES string of the molecule is CSc1ccc(C(C)NC(=O)C2CSCN2)cc1. The molecule has 1 saturated heterocycles. The first-order chi connectivity index (χ1) is 8.70. The van der Waals surface area contributed by atoms with Crippen molar-refractivity contribution in [2.24, 2.45) is 0 Å². The molecule has 98 valence electrons. The van der Waals surface area contributed by atoms with E-state index in [4.69, 9.17) is 0 Å². The number of nitrogens with one attached hydrogen (secondary N) is 2. The Kier molecular flexibility index (Phi) is 4.97. The van der Waals surface area contributed by atoms with Crippen LogP contribution in [0.1, 0.15) is 18.5 Å². The second-order valence-corrected chi connectivity index (χ2v) is 6.19. The number of thioether (sulfide) groups is 2. The molecule has 1 heterocycles. The summed E-state index contributed by atoms with van der Waals surface area (Å²) in [6, 6.07) is 8.35. The number of rotatable bonds is 4. The van der Waals surface area contributed by atoms with Crippen molar-refractivity contribution in [3.8, 4) is 0 Å². The number of amides is 1. The van der Waals surface area contributed by atoms with E-state index in [0.717, 1.165) is 17.2 Å². The Balaban J connectivity index is 1.93. The van der Waals surface area contributed by atoms with Gasteiger partial charge in [-0.2, -0.15) is 0 Å². The predicted octanol–water partition coefficient (Wildman–Crippen LogP) is 2.25. The molecule has 2 N–H and O–H groups in total. The lowest BCUT2D eigenvalue weighted by Gasteiger charge is -2.17. The Morgan fingerprint density at radius 1 is 1.50 bits per heavy atom. The molecule has 0 spiro atoms. The van der Waals surface area contributed by atoms with Crippen LogP contribution in [0.4, 0.5) is 0 Å². The molecule has 0 aliphatic carbocycles. The van der Waals surface area contributed by atoms with Crippen molar-refractivity contribution in [2.45, 2.75) is 23.9 Å². The summed E-state index contributed by atoms with van der Waals surface area (Å²) in [6.45, 7) is 2.02. The van der Waals surface area contributed by atoms with E-state index in [1.165, 1.54) is 4.90 Å². The number of carbonyl (C=O) groups is 1. The molecule has 1 aromatic carbocycles. The van der Waals surface area contributed by atoms with Gasteiger partial charge in [-0.15, -0.1) is 23.5 Å². The number of hydrogen-bond acceptors (Lipinski definition) is 4. The number of benzene rings is 1. The smallest absolute Gasteiger partial charge is 0.238 e. The number of hydrogen-bond donors (Lipinski definition) is 2. The van der Waals surface area contributed by atoms with E-state index in [9.17, 15) is 4.79 Å². The molecule has 0 aromatic heterocycles. The van der Waals surface area contributed by atoms with Gasteiger partial charge in [0.25, 0.3) is 0 Å². The second-order valence-electron chi connectivity index (χ2n) is 4.28. The van der Waals surface area contributed by atoms with E-state index >= 15 is 0 Å². The Morgan fingerprint density at radius 3 is 2.78 bits per heavy atom. The van der Waals surface area contributed by atoms with Crippen LogP contribution < -0.4 is 10.6 Å². The zero-order chi connectivity index (χ0) is 13.0. The molecule has 1 aliphatic heterocycles. The lowest BCUT2D eigenvalue weighted by Crippen LogP contribution is -2.42. The zero-order valence-electron chi connectivity index (χ0n) is 10.6. The third-order valence-electron chi connectivity index (χ3n) is 3.01. The average Bonchev–Trinajstić information content (AvgIpc) is 2.92. The summed E-state index contributed by atoms with van der Waals surface area (Å²) in [6.07, 6.45) is 2.06. The second kappa shape index (κ2) is 6.50. The molecule has 1 aliphatic rings. The average molecular weight is 282 g/mol. The molecule has 1 aromatic rings. The normalized spacial score (nSPS) is 20.7. The van der Waals surface area contributed by atoms with Crippen molar-refractivity contribution < 1.29 is 4.79 Å². The Bertz CT molecular complexity index is 402. The first kappa shape index (κ1) is 13.8. The molecule has 0 radical (unpaired) electrons. The van der Waals surface area contributed by atoms with Crippen LogP contribution in [0, 0.1) is 0 Å². The van der Waals surface area contributed by atoms with Gasteiger partial charge in [-0.3, -0.25) is 10.1 Å². The minimum atomic E-state index is -0.0390. The fourth-order valence-corrected chi connectivity index (χ4v) is 3.20. The van der Waals surface area contributed by atoms with E-state index in [1.54, 1.807) is 23.5 Å². The van der Waals surface area contributed by atoms with E-state index in [1.807, 2.05) is 6.92 Å². The van der Waals surface area contributed by atoms with Crippen molar-refractivity contribution in [1.82, 2.24) is 10.6 Å². The van der Waals surface area contributed by atoms with Crippen molar-refractivity contribution >= 4 is 29.4 Å². The standard InChI is InChI=1S/C13H18N2OS2/c1-9(10-3-5-11(17-2)6-4-10)15-13(16)12-7-18-8-14-12/h3-6,9,12,14H,7-8H2,1-2H3,(H,15,16). The molecule has 2 rings (SSSR count). The molecule has 18 heavy (non-hydrogen) atoms. The topological polar surface area (TPSA) is 41.1 Å². The molecule has 2 unspecified atom stereocenters. The van der Waals surface area contributed by atoms with Crippen LogP contribution in [-0.4, -0.2) is 29.8 Å². The predicted molar refractivity (Wildman–Crippen MR) is 79.0 cm³/mol. The van der Waals surface area contributed by atoms with Gasteiger partial charge in [0.2, 0.25) is 5.91 Å². The largest absolute Gasteiger partial charge is 0.348 e. The van der Waals surface area contributed by atoms with Crippen LogP contribution in [0.15, 0.2) is 29.2 Å². The Morgan fingerprint density at radius 2 is 2.22 bits per heavy atom. The van der Waals surface area contributed by atoms with Gasteiger partial charge in [0.1, 0.15) is 0 Å². The molecular weight excluding hydrogens is 264 g/mol. The van der Waals surface area contributed by atoms with Gasteiger partial charge < -0.3 is 5.32 Å². The molecule has 0 bridgehead atoms. The summed E-state index contributed by atoms with van der Waals surface area (Å²) in [4.78, 5) is 13.2. The first-order valence-corrected chi connectivity index (χ1v) is 8.34. The van der Waals surface area contributed by atoms with Crippen molar-refractivity contribution in [3.05, 3.63) is 29.8 Å². The van der Waals surface area contributed by atoms with Crippen LogP contribution in [0.25, 0.3) is 0 Å². The molecule has 3 nitrogen and oxygen atoms in total. The highest BCUT2D eigenvalue weighted by Gasteiger charge is 2.23. The highest BCUT2D eigenvalue weighted by atomic mass is 32.2. The molecule has 1 fully saturated rings. The maximum atomic E-state index is 12.0. The van der Waals surface area contributed by atoms with Crippen LogP contribution in [0.5, 0.6) is 0 Å². The van der Waals surface area contributed by atoms with Crippen LogP contribution in [0.2, 0.25) is 0 Å². The fraction of sp³-hybridized carbons (Fsp3) is 0.462. The van der Waals surface area contributed by atoms with E-state index in [0.29, 0.717) is 0 Å². The summed E-state index contributed by atoms with van der Waals surface area (Å²) >= 11 is 3.49. The van der Waals surface area contributed by atoms with Crippen LogP contribution in [0.3, 0.4) is 0 Å². The number of carbonyl (C=O) groups excluding carboxylic acids is 1. The summed E-state index contributed by atoms with van der Waals surface area (Å²) < 4.78 is 0. The first-order valence-electron chi connectivity index (χ1n) is 5.96. The lowest BCUT2D eigenvalue weighted by molar-refractivity contribution is -0.123. The minimum Gasteiger partial charge on any atom is -0.348 e. The van der Waals surface area contributed by atoms with Gasteiger partial charge in [-0.05, 0) is 30.9 Å². The highest BCUT2D eigenvalue weighted by Crippen LogP contribution is 2.19. The summed E-state index contributed by atoms with van der Waals surface area (Å²) in [5.74, 6) is 1.83. The van der Waals surface area contributed by atoms with Crippen molar-refractivity contribution in [1.29, 1.82) is 0 Å². The van der Waals surface area contributed by atoms with Gasteiger partial charge in [-0.25, -0.2) is 0 Å². The summed E-state index contributed by atoms with van der Waals surface area (Å²) in [5.41, 5.74) is 1.15. The Hall–Kier alpha value is -0.650. The molecule has 2 atom stereocenters. The Labute approximate surface area is 116 Å². The summed E-state index contributed by atoms with van der Waals surface area (Å²) in [5, 5.41) is 6.23. The van der Waals surface area contributed by atoms with Crippen molar-refractivity contribution in [3.63, 3.8) is 0 Å². The van der Waals surface area contributed by atoms with Gasteiger partial charge in [-0.1, -0.05) is 12.1 Å². The fourth-order valence-electron chi connectivity index (χ4n) is 1.85. The van der Waals surface area contributed by atoms with Gasteiger partial charge >= 0.3 is 0 Å². The molecule has 5 heteroatoms. The maximum absolute atomic E-state index is 12.0. The lowest BCUT2D eigenvalue weighted by atomic mass is 10.1. The third kappa shape index (κ3) is 3.43. The quantitative estimate of drug-likeness (QED) is 0.831. The third-order valence-corrected chi connectivity index (χ3v) is 4.69. The highest BCUT2D eigenvalue weighted by molar-refractivity contribution is 7.99.